The Kier molecular flexibility index (Phi) is 4.17. The molecule has 0 aliphatic carbocycles. The Morgan fingerprint density at radius 1 is 0.750 bits per heavy atom. The number of rotatable bonds is 3. The summed E-state index contributed by atoms with van der Waals surface area (Å²) in [4.78, 5) is 15.2. The molecule has 1 amide bonds. The van der Waals surface area contributed by atoms with Crippen LogP contribution >= 0.6 is 0 Å². The van der Waals surface area contributed by atoms with Crippen LogP contribution in [0.3, 0.4) is 0 Å². The summed E-state index contributed by atoms with van der Waals surface area (Å²) >= 11 is 0. The highest BCUT2D eigenvalue weighted by Crippen LogP contribution is 2.44. The van der Waals surface area contributed by atoms with Crippen LogP contribution < -0.4 is 4.90 Å². The molecule has 0 aromatic heterocycles. The monoisotopic (exact) mass is 363 g/mol. The van der Waals surface area contributed by atoms with Crippen LogP contribution in [-0.2, 0) is 11.3 Å². The molecule has 136 valence electrons. The molecular weight excluding hydrogens is 342 g/mol. The van der Waals surface area contributed by atoms with Crippen LogP contribution in [0.1, 0.15) is 29.0 Å². The summed E-state index contributed by atoms with van der Waals surface area (Å²) in [6.07, 6.45) is 0.498. The van der Waals surface area contributed by atoms with Crippen LogP contribution in [0, 0.1) is 0 Å². The standard InChI is InChI=1S/C26H21NO/c28-25-17-23(20-11-5-2-6-12-20)26-22-14-8-7-13-21(22)15-16-24(26)27(25)18-19-9-3-1-4-10-19/h1-16,23H,17-18H2. The van der Waals surface area contributed by atoms with Crippen LogP contribution in [-0.4, -0.2) is 5.91 Å². The lowest BCUT2D eigenvalue weighted by Gasteiger charge is -2.35. The first-order chi connectivity index (χ1) is 13.8. The summed E-state index contributed by atoms with van der Waals surface area (Å²) < 4.78 is 0. The zero-order chi connectivity index (χ0) is 18.9. The topological polar surface area (TPSA) is 20.3 Å². The van der Waals surface area contributed by atoms with Crippen molar-refractivity contribution in [3.8, 4) is 0 Å². The number of carbonyl (C=O) groups excluding carboxylic acids is 1. The number of nitrogens with zero attached hydrogens (tertiary/aromatic N) is 1. The number of benzene rings is 4. The highest BCUT2D eigenvalue weighted by Gasteiger charge is 2.33. The van der Waals surface area contributed by atoms with E-state index in [4.69, 9.17) is 0 Å². The summed E-state index contributed by atoms with van der Waals surface area (Å²) in [7, 11) is 0. The normalized spacial score (nSPS) is 16.2. The molecule has 1 aliphatic heterocycles. The molecule has 1 heterocycles. The zero-order valence-corrected chi connectivity index (χ0v) is 15.6. The second kappa shape index (κ2) is 6.97. The molecule has 1 atom stereocenters. The zero-order valence-electron chi connectivity index (χ0n) is 15.6. The van der Waals surface area contributed by atoms with Crippen molar-refractivity contribution in [1.29, 1.82) is 0 Å². The van der Waals surface area contributed by atoms with Crippen molar-refractivity contribution < 1.29 is 4.79 Å². The van der Waals surface area contributed by atoms with Gasteiger partial charge in [-0.3, -0.25) is 4.79 Å². The molecule has 0 saturated heterocycles. The van der Waals surface area contributed by atoms with E-state index >= 15 is 0 Å². The molecule has 2 heteroatoms. The number of carbonyl (C=O) groups is 1. The minimum atomic E-state index is 0.0850. The molecule has 1 unspecified atom stereocenters. The number of hydrogen-bond donors (Lipinski definition) is 0. The van der Waals surface area contributed by atoms with Crippen molar-refractivity contribution in [2.45, 2.75) is 18.9 Å². The first-order valence-electron chi connectivity index (χ1n) is 9.72. The largest absolute Gasteiger partial charge is 0.308 e. The van der Waals surface area contributed by atoms with E-state index in [2.05, 4.69) is 72.8 Å². The van der Waals surface area contributed by atoms with Gasteiger partial charge in [-0.2, -0.15) is 0 Å². The van der Waals surface area contributed by atoms with Crippen LogP contribution in [0.15, 0.2) is 97.1 Å². The van der Waals surface area contributed by atoms with Gasteiger partial charge in [-0.05, 0) is 33.5 Å². The Morgan fingerprint density at radius 2 is 1.43 bits per heavy atom. The van der Waals surface area contributed by atoms with Gasteiger partial charge in [-0.1, -0.05) is 91.0 Å². The van der Waals surface area contributed by atoms with Gasteiger partial charge in [0.25, 0.3) is 0 Å². The highest BCUT2D eigenvalue weighted by atomic mass is 16.2. The highest BCUT2D eigenvalue weighted by molar-refractivity contribution is 6.03. The molecule has 4 aromatic rings. The number of hydrogen-bond acceptors (Lipinski definition) is 1. The molecule has 0 fully saturated rings. The molecule has 5 rings (SSSR count). The number of fused-ring (bicyclic) bond motifs is 3. The van der Waals surface area contributed by atoms with Gasteiger partial charge >= 0.3 is 0 Å². The Morgan fingerprint density at radius 3 is 2.21 bits per heavy atom. The van der Waals surface area contributed by atoms with Gasteiger partial charge in [0.05, 0.1) is 6.54 Å². The Balaban J connectivity index is 1.70. The summed E-state index contributed by atoms with van der Waals surface area (Å²) in [5, 5.41) is 2.45. The van der Waals surface area contributed by atoms with E-state index in [1.807, 2.05) is 29.2 Å². The van der Waals surface area contributed by atoms with Gasteiger partial charge < -0.3 is 4.90 Å². The maximum atomic E-state index is 13.2. The smallest absolute Gasteiger partial charge is 0.228 e. The molecular formula is C26H21NO. The lowest BCUT2D eigenvalue weighted by Crippen LogP contribution is -2.36. The molecule has 0 spiro atoms. The van der Waals surface area contributed by atoms with E-state index < -0.39 is 0 Å². The fraction of sp³-hybridized carbons (Fsp3) is 0.115. The first kappa shape index (κ1) is 16.8. The number of amides is 1. The van der Waals surface area contributed by atoms with Crippen molar-refractivity contribution in [3.05, 3.63) is 114 Å². The minimum Gasteiger partial charge on any atom is -0.308 e. The third kappa shape index (κ3) is 2.87. The molecule has 0 radical (unpaired) electrons. The molecule has 4 aromatic carbocycles. The third-order valence-electron chi connectivity index (χ3n) is 5.65. The van der Waals surface area contributed by atoms with Crippen molar-refractivity contribution >= 4 is 22.4 Å². The van der Waals surface area contributed by atoms with Gasteiger partial charge in [-0.25, -0.2) is 0 Å². The van der Waals surface area contributed by atoms with E-state index in [1.165, 1.54) is 21.9 Å². The summed E-state index contributed by atoms with van der Waals surface area (Å²) in [6.45, 7) is 0.604. The van der Waals surface area contributed by atoms with E-state index in [-0.39, 0.29) is 11.8 Å². The molecule has 2 nitrogen and oxygen atoms in total. The quantitative estimate of drug-likeness (QED) is 0.443. The SMILES string of the molecule is O=C1CC(c2ccccc2)c2c(ccc3ccccc23)N1Cc1ccccc1. The predicted octanol–water partition coefficient (Wildman–Crippen LogP) is 5.91. The Labute approximate surface area is 165 Å². The van der Waals surface area contributed by atoms with Gasteiger partial charge in [0.15, 0.2) is 0 Å². The maximum absolute atomic E-state index is 13.2. The van der Waals surface area contributed by atoms with Crippen molar-refractivity contribution in [2.24, 2.45) is 0 Å². The van der Waals surface area contributed by atoms with E-state index in [1.54, 1.807) is 0 Å². The van der Waals surface area contributed by atoms with Gasteiger partial charge in [0, 0.05) is 18.0 Å². The second-order valence-corrected chi connectivity index (χ2v) is 7.35. The average molecular weight is 363 g/mol. The first-order valence-corrected chi connectivity index (χ1v) is 9.72. The maximum Gasteiger partial charge on any atom is 0.228 e. The van der Waals surface area contributed by atoms with Crippen LogP contribution in [0.25, 0.3) is 10.8 Å². The van der Waals surface area contributed by atoms with Crippen LogP contribution in [0.2, 0.25) is 0 Å². The second-order valence-electron chi connectivity index (χ2n) is 7.35. The van der Waals surface area contributed by atoms with E-state index in [9.17, 15) is 4.79 Å². The van der Waals surface area contributed by atoms with Crippen LogP contribution in [0.4, 0.5) is 5.69 Å². The lowest BCUT2D eigenvalue weighted by molar-refractivity contribution is -0.119. The molecule has 0 N–H and O–H groups in total. The van der Waals surface area contributed by atoms with E-state index in [0.29, 0.717) is 13.0 Å². The van der Waals surface area contributed by atoms with Gasteiger partial charge in [0.1, 0.15) is 0 Å². The Bertz CT molecular complexity index is 1130. The summed E-state index contributed by atoms with van der Waals surface area (Å²) in [6, 6.07) is 33.4. The van der Waals surface area contributed by atoms with Gasteiger partial charge in [0.2, 0.25) is 5.91 Å². The molecule has 28 heavy (non-hydrogen) atoms. The minimum absolute atomic E-state index is 0.0850. The Hall–Kier alpha value is -3.39. The predicted molar refractivity (Wildman–Crippen MR) is 114 cm³/mol. The fourth-order valence-electron chi connectivity index (χ4n) is 4.32. The van der Waals surface area contributed by atoms with E-state index in [0.717, 1.165) is 11.3 Å². The molecule has 0 bridgehead atoms. The summed E-state index contributed by atoms with van der Waals surface area (Å²) in [5.41, 5.74) is 4.65. The fourth-order valence-corrected chi connectivity index (χ4v) is 4.32. The van der Waals surface area contributed by atoms with Crippen molar-refractivity contribution in [2.75, 3.05) is 4.90 Å². The number of anilines is 1. The average Bonchev–Trinajstić information content (AvgIpc) is 2.76. The lowest BCUT2D eigenvalue weighted by atomic mass is 9.81. The molecule has 1 aliphatic rings. The summed E-state index contributed by atoms with van der Waals surface area (Å²) in [5.74, 6) is 0.266. The molecule has 0 saturated carbocycles. The van der Waals surface area contributed by atoms with Crippen LogP contribution in [0.5, 0.6) is 0 Å². The third-order valence-corrected chi connectivity index (χ3v) is 5.65. The van der Waals surface area contributed by atoms with Gasteiger partial charge in [-0.15, -0.1) is 0 Å². The van der Waals surface area contributed by atoms with Crippen molar-refractivity contribution in [1.82, 2.24) is 0 Å². The van der Waals surface area contributed by atoms with Crippen molar-refractivity contribution in [3.63, 3.8) is 0 Å².